The maximum Gasteiger partial charge on any atom is 0.341 e. The van der Waals surface area contributed by atoms with Gasteiger partial charge >= 0.3 is 5.97 Å². The van der Waals surface area contributed by atoms with E-state index >= 15 is 0 Å². The Morgan fingerprint density at radius 3 is 2.38 bits per heavy atom. The second-order valence-electron chi connectivity index (χ2n) is 8.52. The summed E-state index contributed by atoms with van der Waals surface area (Å²) in [6.07, 6.45) is 0.818. The van der Waals surface area contributed by atoms with Crippen LogP contribution in [0.5, 0.6) is 5.75 Å². The van der Waals surface area contributed by atoms with Crippen molar-refractivity contribution in [1.29, 1.82) is 0 Å². The van der Waals surface area contributed by atoms with E-state index in [4.69, 9.17) is 9.47 Å². The van der Waals surface area contributed by atoms with Crippen molar-refractivity contribution >= 4 is 30.2 Å². The molecular formula is C23H31BrO4Si. The minimum Gasteiger partial charge on any atom is -0.488 e. The molecule has 1 N–H and O–H groups in total. The van der Waals surface area contributed by atoms with Gasteiger partial charge in [-0.2, -0.15) is 0 Å². The molecule has 2 rings (SSSR count). The molecule has 0 spiro atoms. The second-order valence-corrected chi connectivity index (χ2v) is 13.6. The summed E-state index contributed by atoms with van der Waals surface area (Å²) < 4.78 is 10.9. The van der Waals surface area contributed by atoms with Crippen molar-refractivity contribution < 1.29 is 19.1 Å². The molecule has 0 radical (unpaired) electrons. The van der Waals surface area contributed by atoms with Crippen molar-refractivity contribution in [2.24, 2.45) is 0 Å². The van der Waals surface area contributed by atoms with E-state index in [9.17, 15) is 9.59 Å². The van der Waals surface area contributed by atoms with Crippen LogP contribution in [0, 0.1) is 0 Å². The summed E-state index contributed by atoms with van der Waals surface area (Å²) in [6.45, 7) is 8.56. The van der Waals surface area contributed by atoms with Crippen molar-refractivity contribution in [3.05, 3.63) is 65.2 Å². The number of carbonyl (C=O) groups is 1. The van der Waals surface area contributed by atoms with Gasteiger partial charge in [-0.25, -0.2) is 4.79 Å². The van der Waals surface area contributed by atoms with Crippen LogP contribution in [0.15, 0.2) is 48.5 Å². The van der Waals surface area contributed by atoms with Gasteiger partial charge in [0.05, 0.1) is 7.11 Å². The summed E-state index contributed by atoms with van der Waals surface area (Å²) in [7, 11) is -0.961. The fourth-order valence-electron chi connectivity index (χ4n) is 3.06. The maximum atomic E-state index is 12.4. The van der Waals surface area contributed by atoms with Crippen molar-refractivity contribution in [3.63, 3.8) is 0 Å². The number of alkyl halides is 1. The molecular weight excluding hydrogens is 448 g/mol. The highest BCUT2D eigenvalue weighted by atomic mass is 79.9. The average Bonchev–Trinajstić information content (AvgIpc) is 2.69. The molecule has 0 aromatic heterocycles. The molecule has 0 amide bonds. The molecule has 158 valence electrons. The van der Waals surface area contributed by atoms with E-state index in [1.54, 1.807) is 0 Å². The lowest BCUT2D eigenvalue weighted by atomic mass is 9.90. The third kappa shape index (κ3) is 6.17. The van der Waals surface area contributed by atoms with E-state index in [1.165, 1.54) is 7.11 Å². The molecule has 0 saturated carbocycles. The summed E-state index contributed by atoms with van der Waals surface area (Å²) >= 11 is 3.62. The number of carbonyl (C=O) groups excluding carboxylic acids is 1. The van der Waals surface area contributed by atoms with E-state index in [-0.39, 0.29) is 11.0 Å². The number of hydrogen-bond acceptors (Lipinski definition) is 4. The van der Waals surface area contributed by atoms with E-state index in [1.807, 2.05) is 61.6 Å². The van der Waals surface area contributed by atoms with Gasteiger partial charge in [-0.1, -0.05) is 66.2 Å². The zero-order chi connectivity index (χ0) is 21.7. The van der Waals surface area contributed by atoms with Crippen LogP contribution in [0.3, 0.4) is 0 Å². The maximum absolute atomic E-state index is 12.4. The van der Waals surface area contributed by atoms with Crippen molar-refractivity contribution in [2.75, 3.05) is 12.4 Å². The molecule has 2 aromatic rings. The van der Waals surface area contributed by atoms with Crippen molar-refractivity contribution in [2.45, 2.75) is 50.9 Å². The van der Waals surface area contributed by atoms with Gasteiger partial charge in [0.1, 0.15) is 17.9 Å². The lowest BCUT2D eigenvalue weighted by Gasteiger charge is -2.37. The molecule has 0 aliphatic rings. The van der Waals surface area contributed by atoms with Crippen LogP contribution in [0.2, 0.25) is 18.1 Å². The number of rotatable bonds is 9. The van der Waals surface area contributed by atoms with Crippen molar-refractivity contribution in [1.82, 2.24) is 0 Å². The predicted octanol–water partition coefficient (Wildman–Crippen LogP) is 5.90. The number of halogens is 1. The normalized spacial score (nSPS) is 13.1. The highest BCUT2D eigenvalue weighted by molar-refractivity contribution is 9.09. The van der Waals surface area contributed by atoms with E-state index < -0.39 is 14.3 Å². The van der Waals surface area contributed by atoms with Gasteiger partial charge in [0.2, 0.25) is 0 Å². The van der Waals surface area contributed by atoms with E-state index in [0.29, 0.717) is 17.9 Å². The number of hydrogen-bond donors (Lipinski definition) is 1. The van der Waals surface area contributed by atoms with Crippen LogP contribution in [-0.2, 0) is 11.3 Å². The Balaban J connectivity index is 2.30. The van der Waals surface area contributed by atoms with Crippen LogP contribution in [0.25, 0.3) is 0 Å². The second kappa shape index (κ2) is 9.91. The van der Waals surface area contributed by atoms with E-state index in [2.05, 4.69) is 29.8 Å². The zero-order valence-electron chi connectivity index (χ0n) is 17.9. The molecule has 0 saturated heterocycles. The van der Waals surface area contributed by atoms with Gasteiger partial charge in [-0.05, 0) is 53.7 Å². The summed E-state index contributed by atoms with van der Waals surface area (Å²) in [5.74, 6) is 0.253. The quantitative estimate of drug-likeness (QED) is 0.277. The number of esters is 1. The lowest BCUT2D eigenvalue weighted by Crippen LogP contribution is -2.40. The SMILES string of the molecule is COC(=O)c1cc([C@H](CBr)CC(C)(C)[Si](C)(C)O)ccc1OCc1ccccc1. The first kappa shape index (κ1) is 23.6. The molecule has 4 nitrogen and oxygen atoms in total. The summed E-state index contributed by atoms with van der Waals surface area (Å²) in [5, 5.41) is 0.574. The fourth-order valence-corrected chi connectivity index (χ4v) is 4.41. The Morgan fingerprint density at radius 2 is 1.83 bits per heavy atom. The molecule has 6 heteroatoms. The standard InChI is InChI=1S/C23H31BrO4Si/c1-23(2,29(4,5)26)14-19(15-24)18-11-12-21(20(13-18)22(25)27-3)28-16-17-9-7-6-8-10-17/h6-13,19,26H,14-16H2,1-5H3/t19-/m0/s1. The van der Waals surface area contributed by atoms with Gasteiger partial charge < -0.3 is 14.3 Å². The minimum atomic E-state index is -2.34. The van der Waals surface area contributed by atoms with Crippen LogP contribution < -0.4 is 4.74 Å². The monoisotopic (exact) mass is 478 g/mol. The molecule has 29 heavy (non-hydrogen) atoms. The van der Waals surface area contributed by atoms with Gasteiger partial charge in [-0.3, -0.25) is 0 Å². The molecule has 0 aliphatic heterocycles. The molecule has 1 atom stereocenters. The van der Waals surface area contributed by atoms with Gasteiger partial charge in [-0.15, -0.1) is 0 Å². The Morgan fingerprint density at radius 1 is 1.17 bits per heavy atom. The predicted molar refractivity (Wildman–Crippen MR) is 123 cm³/mol. The Labute approximate surface area is 183 Å². The van der Waals surface area contributed by atoms with Crippen LogP contribution in [0.1, 0.15) is 47.7 Å². The Bertz CT molecular complexity index is 815. The molecule has 0 heterocycles. The first-order chi connectivity index (χ1) is 13.6. The Hall–Kier alpha value is -1.63. The van der Waals surface area contributed by atoms with Crippen LogP contribution >= 0.6 is 15.9 Å². The fraction of sp³-hybridized carbons (Fsp3) is 0.435. The average molecular weight is 479 g/mol. The molecule has 0 unspecified atom stereocenters. The molecule has 2 aromatic carbocycles. The number of ether oxygens (including phenoxy) is 2. The summed E-state index contributed by atoms with van der Waals surface area (Å²) in [6, 6.07) is 15.5. The third-order valence-corrected chi connectivity index (χ3v) is 10.0. The molecule has 0 aliphatic carbocycles. The minimum absolute atomic E-state index is 0.163. The van der Waals surface area contributed by atoms with E-state index in [0.717, 1.165) is 22.9 Å². The third-order valence-electron chi connectivity index (χ3n) is 5.72. The number of benzene rings is 2. The van der Waals surface area contributed by atoms with Crippen LogP contribution in [0.4, 0.5) is 0 Å². The van der Waals surface area contributed by atoms with Gasteiger partial charge in [0.15, 0.2) is 8.32 Å². The largest absolute Gasteiger partial charge is 0.488 e. The first-order valence-corrected chi connectivity index (χ1v) is 13.8. The van der Waals surface area contributed by atoms with Gasteiger partial charge in [0.25, 0.3) is 0 Å². The highest BCUT2D eigenvalue weighted by Gasteiger charge is 2.39. The highest BCUT2D eigenvalue weighted by Crippen LogP contribution is 2.45. The summed E-state index contributed by atoms with van der Waals surface area (Å²) in [4.78, 5) is 23.1. The lowest BCUT2D eigenvalue weighted by molar-refractivity contribution is 0.0595. The van der Waals surface area contributed by atoms with Crippen LogP contribution in [-0.4, -0.2) is 31.5 Å². The molecule has 0 fully saturated rings. The summed E-state index contributed by atoms with van der Waals surface area (Å²) in [5.41, 5.74) is 2.48. The Kier molecular flexibility index (Phi) is 8.08. The number of methoxy groups -OCH3 is 1. The first-order valence-electron chi connectivity index (χ1n) is 9.76. The van der Waals surface area contributed by atoms with Gasteiger partial charge in [0, 0.05) is 5.33 Å². The molecule has 0 bridgehead atoms. The topological polar surface area (TPSA) is 55.8 Å². The van der Waals surface area contributed by atoms with Crippen molar-refractivity contribution in [3.8, 4) is 5.75 Å². The zero-order valence-corrected chi connectivity index (χ0v) is 20.5. The smallest absolute Gasteiger partial charge is 0.341 e.